The Morgan fingerprint density at radius 1 is 1.69 bits per heavy atom. The van der Waals surface area contributed by atoms with Crippen LogP contribution in [0.3, 0.4) is 0 Å². The van der Waals surface area contributed by atoms with Crippen LogP contribution < -0.4 is 0 Å². The van der Waals surface area contributed by atoms with Crippen molar-refractivity contribution in [3.63, 3.8) is 0 Å². The third kappa shape index (κ3) is 3.29. The molecule has 0 aromatic rings. The Morgan fingerprint density at radius 2 is 2.38 bits per heavy atom. The zero-order chi connectivity index (χ0) is 9.84. The van der Waals surface area contributed by atoms with Gasteiger partial charge in [0.15, 0.2) is 0 Å². The number of likely N-dealkylation sites (tertiary alicyclic amines) is 1. The Balaban J connectivity index is 2.59. The van der Waals surface area contributed by atoms with E-state index in [9.17, 15) is 4.79 Å². The van der Waals surface area contributed by atoms with Crippen molar-refractivity contribution in [2.75, 3.05) is 13.1 Å². The lowest BCUT2D eigenvalue weighted by Gasteiger charge is -2.22. The average Bonchev–Trinajstić information content (AvgIpc) is 2.19. The fraction of sp³-hybridized carbons (Fsp3) is 0.700. The minimum Gasteiger partial charge on any atom is -0.338 e. The molecule has 1 rings (SSSR count). The summed E-state index contributed by atoms with van der Waals surface area (Å²) in [6.07, 6.45) is 3.34. The Bertz CT molecular complexity index is 215. The van der Waals surface area contributed by atoms with Gasteiger partial charge in [-0.1, -0.05) is 41.2 Å². The minimum atomic E-state index is 0.180. The maximum absolute atomic E-state index is 11.8. The number of carbonyl (C=O) groups excluding carboxylic acids is 1. The number of hydrogen-bond donors (Lipinski definition) is 0. The molecule has 0 radical (unpaired) electrons. The highest BCUT2D eigenvalue weighted by atomic mass is 127. The first-order valence-electron chi connectivity index (χ1n) is 4.68. The molecule has 1 fully saturated rings. The van der Waals surface area contributed by atoms with Crippen molar-refractivity contribution in [1.29, 1.82) is 0 Å². The zero-order valence-corrected chi connectivity index (χ0v) is 10.2. The molecule has 0 aliphatic carbocycles. The van der Waals surface area contributed by atoms with E-state index in [1.807, 2.05) is 11.8 Å². The van der Waals surface area contributed by atoms with Gasteiger partial charge in [0.25, 0.3) is 0 Å². The molecule has 0 saturated carbocycles. The van der Waals surface area contributed by atoms with Crippen LogP contribution in [0.15, 0.2) is 12.2 Å². The van der Waals surface area contributed by atoms with E-state index in [0.717, 1.165) is 31.5 Å². The second-order valence-corrected chi connectivity index (χ2v) is 5.18. The van der Waals surface area contributed by atoms with Crippen molar-refractivity contribution in [3.8, 4) is 0 Å². The number of nitrogens with zero attached hydrogens (tertiary/aromatic N) is 1. The molecule has 1 unspecified atom stereocenters. The van der Waals surface area contributed by atoms with Gasteiger partial charge in [-0.05, 0) is 19.8 Å². The maximum Gasteiger partial charge on any atom is 0.235 e. The van der Waals surface area contributed by atoms with E-state index in [2.05, 4.69) is 29.2 Å². The van der Waals surface area contributed by atoms with Gasteiger partial charge in [-0.25, -0.2) is 0 Å². The van der Waals surface area contributed by atoms with Gasteiger partial charge in [0.2, 0.25) is 5.91 Å². The number of halogens is 1. The van der Waals surface area contributed by atoms with E-state index >= 15 is 0 Å². The average molecular weight is 293 g/mol. The molecule has 0 bridgehead atoms. The lowest BCUT2D eigenvalue weighted by Crippen LogP contribution is -2.36. The lowest BCUT2D eigenvalue weighted by atomic mass is 10.2. The number of hydrogen-bond acceptors (Lipinski definition) is 1. The fourth-order valence-corrected chi connectivity index (χ4v) is 2.38. The molecule has 0 aromatic heterocycles. The number of amides is 1. The summed E-state index contributed by atoms with van der Waals surface area (Å²) in [7, 11) is 0. The third-order valence-electron chi connectivity index (χ3n) is 2.18. The summed E-state index contributed by atoms with van der Waals surface area (Å²) in [5, 5.41) is 0. The first kappa shape index (κ1) is 11.0. The van der Waals surface area contributed by atoms with Gasteiger partial charge in [0.05, 0.1) is 3.92 Å². The van der Waals surface area contributed by atoms with Gasteiger partial charge < -0.3 is 4.90 Å². The van der Waals surface area contributed by atoms with Crippen molar-refractivity contribution < 1.29 is 4.79 Å². The van der Waals surface area contributed by atoms with E-state index in [0.29, 0.717) is 5.91 Å². The summed E-state index contributed by atoms with van der Waals surface area (Å²) >= 11 is 2.25. The normalized spacial score (nSPS) is 24.3. The standard InChI is InChI=1S/C10H16INO/c1-8(2)7-12-6-4-3-5-9(11)10(12)13/h9H,1,3-7H2,2H3. The summed E-state index contributed by atoms with van der Waals surface area (Å²) in [4.78, 5) is 13.7. The van der Waals surface area contributed by atoms with E-state index in [1.54, 1.807) is 0 Å². The predicted octanol–water partition coefficient (Wildman–Crippen LogP) is 2.38. The molecular formula is C10H16INO. The summed E-state index contributed by atoms with van der Waals surface area (Å²) in [6, 6.07) is 0. The third-order valence-corrected chi connectivity index (χ3v) is 3.33. The Hall–Kier alpha value is -0.0600. The number of alkyl halides is 1. The van der Waals surface area contributed by atoms with Crippen LogP contribution in [0.4, 0.5) is 0 Å². The van der Waals surface area contributed by atoms with Crippen LogP contribution in [0.25, 0.3) is 0 Å². The van der Waals surface area contributed by atoms with Crippen molar-refractivity contribution in [2.45, 2.75) is 30.1 Å². The molecule has 0 aromatic carbocycles. The minimum absolute atomic E-state index is 0.180. The smallest absolute Gasteiger partial charge is 0.235 e. The molecule has 3 heteroatoms. The van der Waals surface area contributed by atoms with Crippen LogP contribution in [-0.2, 0) is 4.79 Å². The highest BCUT2D eigenvalue weighted by Crippen LogP contribution is 2.19. The van der Waals surface area contributed by atoms with Gasteiger partial charge in [-0.3, -0.25) is 4.79 Å². The second kappa shape index (κ2) is 4.98. The van der Waals surface area contributed by atoms with E-state index in [-0.39, 0.29) is 3.92 Å². The molecule has 0 N–H and O–H groups in total. The topological polar surface area (TPSA) is 20.3 Å². The van der Waals surface area contributed by atoms with E-state index in [1.165, 1.54) is 6.42 Å². The van der Waals surface area contributed by atoms with Crippen LogP contribution in [0.5, 0.6) is 0 Å². The van der Waals surface area contributed by atoms with Crippen molar-refractivity contribution in [2.24, 2.45) is 0 Å². The highest BCUT2D eigenvalue weighted by Gasteiger charge is 2.23. The van der Waals surface area contributed by atoms with E-state index in [4.69, 9.17) is 0 Å². The molecule has 1 aliphatic heterocycles. The van der Waals surface area contributed by atoms with Crippen LogP contribution in [0.1, 0.15) is 26.2 Å². The van der Waals surface area contributed by atoms with Gasteiger partial charge in [-0.15, -0.1) is 0 Å². The van der Waals surface area contributed by atoms with E-state index < -0.39 is 0 Å². The van der Waals surface area contributed by atoms with Gasteiger partial charge in [-0.2, -0.15) is 0 Å². The maximum atomic E-state index is 11.8. The summed E-state index contributed by atoms with van der Waals surface area (Å²) in [6.45, 7) is 7.46. The Morgan fingerprint density at radius 3 is 3.00 bits per heavy atom. The van der Waals surface area contributed by atoms with Crippen LogP contribution in [-0.4, -0.2) is 27.8 Å². The molecule has 1 heterocycles. The number of carbonyl (C=O) groups is 1. The summed E-state index contributed by atoms with van der Waals surface area (Å²) in [5.41, 5.74) is 1.07. The van der Waals surface area contributed by atoms with Crippen LogP contribution in [0, 0.1) is 0 Å². The SMILES string of the molecule is C=C(C)CN1CCCCC(I)C1=O. The molecule has 0 spiro atoms. The molecule has 13 heavy (non-hydrogen) atoms. The molecule has 74 valence electrons. The van der Waals surface area contributed by atoms with Crippen molar-refractivity contribution in [3.05, 3.63) is 12.2 Å². The van der Waals surface area contributed by atoms with Crippen molar-refractivity contribution in [1.82, 2.24) is 4.90 Å². The quantitative estimate of drug-likeness (QED) is 0.435. The monoisotopic (exact) mass is 293 g/mol. The predicted molar refractivity (Wildman–Crippen MR) is 63.1 cm³/mol. The van der Waals surface area contributed by atoms with Crippen LogP contribution >= 0.6 is 22.6 Å². The van der Waals surface area contributed by atoms with Crippen LogP contribution in [0.2, 0.25) is 0 Å². The number of rotatable bonds is 2. The Kier molecular flexibility index (Phi) is 4.22. The lowest BCUT2D eigenvalue weighted by molar-refractivity contribution is -0.129. The van der Waals surface area contributed by atoms with Gasteiger partial charge >= 0.3 is 0 Å². The first-order valence-corrected chi connectivity index (χ1v) is 5.93. The Labute approximate surface area is 93.5 Å². The zero-order valence-electron chi connectivity index (χ0n) is 8.05. The van der Waals surface area contributed by atoms with Crippen molar-refractivity contribution >= 4 is 28.5 Å². The van der Waals surface area contributed by atoms with Gasteiger partial charge in [0, 0.05) is 13.1 Å². The molecule has 1 aliphatic rings. The molecule has 1 atom stereocenters. The summed E-state index contributed by atoms with van der Waals surface area (Å²) < 4.78 is 0.180. The first-order chi connectivity index (χ1) is 6.11. The molecular weight excluding hydrogens is 277 g/mol. The molecule has 2 nitrogen and oxygen atoms in total. The fourth-order valence-electron chi connectivity index (χ4n) is 1.54. The molecule has 1 saturated heterocycles. The largest absolute Gasteiger partial charge is 0.338 e. The molecule has 1 amide bonds. The van der Waals surface area contributed by atoms with Gasteiger partial charge in [0.1, 0.15) is 0 Å². The summed E-state index contributed by atoms with van der Waals surface area (Å²) in [5.74, 6) is 0.293. The highest BCUT2D eigenvalue weighted by molar-refractivity contribution is 14.1. The second-order valence-electron chi connectivity index (χ2n) is 3.68.